The number of amides is 1. The molecule has 80 valence electrons. The summed E-state index contributed by atoms with van der Waals surface area (Å²) in [5.74, 6) is 0.0744. The maximum atomic E-state index is 10.7. The Morgan fingerprint density at radius 2 is 2.27 bits per heavy atom. The SMILES string of the molecule is COc1ccc(C)cc1CNC(=O)C=O. The largest absolute Gasteiger partial charge is 0.496 e. The van der Waals surface area contributed by atoms with E-state index in [1.54, 1.807) is 7.11 Å². The first-order valence-electron chi connectivity index (χ1n) is 4.54. The highest BCUT2D eigenvalue weighted by Gasteiger charge is 2.04. The molecule has 0 bridgehead atoms. The lowest BCUT2D eigenvalue weighted by molar-refractivity contribution is -0.131. The molecule has 0 aliphatic heterocycles. The highest BCUT2D eigenvalue weighted by atomic mass is 16.5. The van der Waals surface area contributed by atoms with Crippen LogP contribution < -0.4 is 10.1 Å². The van der Waals surface area contributed by atoms with Crippen molar-refractivity contribution in [2.75, 3.05) is 7.11 Å². The first-order chi connectivity index (χ1) is 7.17. The number of methoxy groups -OCH3 is 1. The van der Waals surface area contributed by atoms with Gasteiger partial charge in [0.05, 0.1) is 7.11 Å². The molecule has 0 fully saturated rings. The van der Waals surface area contributed by atoms with E-state index < -0.39 is 5.91 Å². The first kappa shape index (κ1) is 11.2. The van der Waals surface area contributed by atoms with E-state index in [2.05, 4.69) is 5.32 Å². The predicted octanol–water partition coefficient (Wildman–Crippen LogP) is 0.819. The summed E-state index contributed by atoms with van der Waals surface area (Å²) < 4.78 is 5.13. The van der Waals surface area contributed by atoms with Gasteiger partial charge in [0.15, 0.2) is 0 Å². The molecule has 1 aromatic rings. The molecule has 0 saturated carbocycles. The third-order valence-electron chi connectivity index (χ3n) is 2.00. The fraction of sp³-hybridized carbons (Fsp3) is 0.273. The maximum Gasteiger partial charge on any atom is 0.284 e. The molecule has 4 nitrogen and oxygen atoms in total. The second-order valence-electron chi connectivity index (χ2n) is 3.15. The van der Waals surface area contributed by atoms with E-state index in [1.807, 2.05) is 25.1 Å². The Hall–Kier alpha value is -1.84. The number of benzene rings is 1. The Labute approximate surface area is 88.2 Å². The molecule has 1 amide bonds. The zero-order chi connectivity index (χ0) is 11.3. The van der Waals surface area contributed by atoms with E-state index in [4.69, 9.17) is 4.74 Å². The lowest BCUT2D eigenvalue weighted by atomic mass is 10.1. The molecule has 0 radical (unpaired) electrons. The zero-order valence-electron chi connectivity index (χ0n) is 8.74. The molecule has 0 unspecified atom stereocenters. The third kappa shape index (κ3) is 3.09. The second-order valence-corrected chi connectivity index (χ2v) is 3.15. The van der Waals surface area contributed by atoms with Gasteiger partial charge in [-0.3, -0.25) is 9.59 Å². The van der Waals surface area contributed by atoms with E-state index in [0.29, 0.717) is 12.3 Å². The number of aryl methyl sites for hydroxylation is 1. The highest BCUT2D eigenvalue weighted by molar-refractivity contribution is 6.23. The van der Waals surface area contributed by atoms with Crippen molar-refractivity contribution in [2.45, 2.75) is 13.5 Å². The van der Waals surface area contributed by atoms with Gasteiger partial charge >= 0.3 is 0 Å². The van der Waals surface area contributed by atoms with Crippen LogP contribution in [0.3, 0.4) is 0 Å². The van der Waals surface area contributed by atoms with Gasteiger partial charge in [0.1, 0.15) is 5.75 Å². The van der Waals surface area contributed by atoms with Gasteiger partial charge in [0.25, 0.3) is 5.91 Å². The molecule has 0 heterocycles. The summed E-state index contributed by atoms with van der Waals surface area (Å²) in [4.78, 5) is 20.9. The highest BCUT2D eigenvalue weighted by Crippen LogP contribution is 2.19. The van der Waals surface area contributed by atoms with Crippen LogP contribution >= 0.6 is 0 Å². The minimum atomic E-state index is -0.626. The number of carbonyl (C=O) groups excluding carboxylic acids is 2. The summed E-state index contributed by atoms with van der Waals surface area (Å²) in [6.07, 6.45) is 0.252. The number of hydrogen-bond donors (Lipinski definition) is 1. The van der Waals surface area contributed by atoms with E-state index in [1.165, 1.54) is 0 Å². The van der Waals surface area contributed by atoms with Gasteiger partial charge in [-0.1, -0.05) is 17.7 Å². The number of nitrogens with one attached hydrogen (secondary N) is 1. The van der Waals surface area contributed by atoms with Crippen molar-refractivity contribution in [3.8, 4) is 5.75 Å². The molecule has 4 heteroatoms. The Morgan fingerprint density at radius 1 is 1.53 bits per heavy atom. The van der Waals surface area contributed by atoms with E-state index in [-0.39, 0.29) is 6.29 Å². The lowest BCUT2D eigenvalue weighted by Gasteiger charge is -2.09. The Bertz CT molecular complexity index is 374. The van der Waals surface area contributed by atoms with Crippen molar-refractivity contribution < 1.29 is 14.3 Å². The summed E-state index contributed by atoms with van der Waals surface area (Å²) in [5.41, 5.74) is 1.93. The lowest BCUT2D eigenvalue weighted by Crippen LogP contribution is -2.23. The molecule has 1 rings (SSSR count). The van der Waals surface area contributed by atoms with Crippen LogP contribution in [0.5, 0.6) is 5.75 Å². The van der Waals surface area contributed by atoms with E-state index >= 15 is 0 Å². The van der Waals surface area contributed by atoms with Crippen LogP contribution in [-0.4, -0.2) is 19.3 Å². The number of rotatable bonds is 4. The normalized spacial score (nSPS) is 9.47. The Balaban J connectivity index is 2.78. The van der Waals surface area contributed by atoms with Crippen molar-refractivity contribution in [2.24, 2.45) is 0 Å². The Kier molecular flexibility index (Phi) is 3.85. The predicted molar refractivity (Wildman–Crippen MR) is 55.6 cm³/mol. The number of aldehydes is 1. The van der Waals surface area contributed by atoms with Crippen LogP contribution in [0.15, 0.2) is 18.2 Å². The fourth-order valence-corrected chi connectivity index (χ4v) is 1.27. The monoisotopic (exact) mass is 207 g/mol. The topological polar surface area (TPSA) is 55.4 Å². The minimum Gasteiger partial charge on any atom is -0.496 e. The second kappa shape index (κ2) is 5.14. The summed E-state index contributed by atoms with van der Waals surface area (Å²) in [6, 6.07) is 5.66. The average molecular weight is 207 g/mol. The van der Waals surface area contributed by atoms with Gasteiger partial charge in [0, 0.05) is 12.1 Å². The van der Waals surface area contributed by atoms with Gasteiger partial charge in [-0.25, -0.2) is 0 Å². The number of hydrogen-bond acceptors (Lipinski definition) is 3. The van der Waals surface area contributed by atoms with Gasteiger partial charge in [-0.2, -0.15) is 0 Å². The molecule has 0 atom stereocenters. The summed E-state index contributed by atoms with van der Waals surface area (Å²) in [6.45, 7) is 2.24. The molecule has 1 aromatic carbocycles. The molecule has 15 heavy (non-hydrogen) atoms. The standard InChI is InChI=1S/C11H13NO3/c1-8-3-4-10(15-2)9(5-8)6-12-11(14)7-13/h3-5,7H,6H2,1-2H3,(H,12,14). The van der Waals surface area contributed by atoms with Crippen LogP contribution in [0.1, 0.15) is 11.1 Å². The molecular weight excluding hydrogens is 194 g/mol. The smallest absolute Gasteiger partial charge is 0.284 e. The fourth-order valence-electron chi connectivity index (χ4n) is 1.27. The van der Waals surface area contributed by atoms with Crippen LogP contribution in [0, 0.1) is 6.92 Å². The summed E-state index contributed by atoms with van der Waals surface area (Å²) >= 11 is 0. The van der Waals surface area contributed by atoms with E-state index in [9.17, 15) is 9.59 Å². The number of ether oxygens (including phenoxy) is 1. The van der Waals surface area contributed by atoms with Crippen LogP contribution in [0.2, 0.25) is 0 Å². The van der Waals surface area contributed by atoms with Crippen molar-refractivity contribution in [1.29, 1.82) is 0 Å². The van der Waals surface area contributed by atoms with E-state index in [0.717, 1.165) is 11.1 Å². The maximum absolute atomic E-state index is 10.7. The molecule has 1 N–H and O–H groups in total. The Morgan fingerprint density at radius 3 is 2.87 bits per heavy atom. The number of carbonyl (C=O) groups is 2. The van der Waals surface area contributed by atoms with Crippen LogP contribution in [0.25, 0.3) is 0 Å². The van der Waals surface area contributed by atoms with Crippen molar-refractivity contribution in [3.05, 3.63) is 29.3 Å². The molecule has 0 spiro atoms. The van der Waals surface area contributed by atoms with Crippen LogP contribution in [0.4, 0.5) is 0 Å². The molecule has 0 aromatic heterocycles. The summed E-state index contributed by atoms with van der Waals surface area (Å²) in [5, 5.41) is 2.46. The third-order valence-corrected chi connectivity index (χ3v) is 2.00. The van der Waals surface area contributed by atoms with Crippen molar-refractivity contribution in [1.82, 2.24) is 5.32 Å². The molecule has 0 saturated heterocycles. The average Bonchev–Trinajstić information content (AvgIpc) is 2.26. The molecule has 0 aliphatic carbocycles. The van der Waals surface area contributed by atoms with Gasteiger partial charge in [-0.05, 0) is 13.0 Å². The minimum absolute atomic E-state index is 0.252. The molecular formula is C11H13NO3. The molecule has 0 aliphatic rings. The van der Waals surface area contributed by atoms with Gasteiger partial charge in [0.2, 0.25) is 6.29 Å². The van der Waals surface area contributed by atoms with Crippen molar-refractivity contribution >= 4 is 12.2 Å². The summed E-state index contributed by atoms with van der Waals surface area (Å²) in [7, 11) is 1.57. The van der Waals surface area contributed by atoms with Gasteiger partial charge < -0.3 is 10.1 Å². The van der Waals surface area contributed by atoms with Crippen molar-refractivity contribution in [3.63, 3.8) is 0 Å². The van der Waals surface area contributed by atoms with Crippen LogP contribution in [-0.2, 0) is 16.1 Å². The van der Waals surface area contributed by atoms with Gasteiger partial charge in [-0.15, -0.1) is 0 Å². The quantitative estimate of drug-likeness (QED) is 0.587. The zero-order valence-corrected chi connectivity index (χ0v) is 8.74. The first-order valence-corrected chi connectivity index (χ1v) is 4.54.